The summed E-state index contributed by atoms with van der Waals surface area (Å²) in [6.07, 6.45) is 4.08. The van der Waals surface area contributed by atoms with Crippen LogP contribution >= 0.6 is 23.9 Å². The lowest BCUT2D eigenvalue weighted by molar-refractivity contribution is -0.430. The molecule has 0 radical (unpaired) electrons. The third-order valence-corrected chi connectivity index (χ3v) is 11.6. The highest BCUT2D eigenvalue weighted by molar-refractivity contribution is 8.04. The van der Waals surface area contributed by atoms with Gasteiger partial charge in [0.15, 0.2) is 0 Å². The summed E-state index contributed by atoms with van der Waals surface area (Å²) in [5, 5.41) is 22.1. The minimum Gasteiger partial charge on any atom is -0.478 e. The molecule has 1 aromatic heterocycles. The first-order chi connectivity index (χ1) is 26.5. The minimum absolute atomic E-state index is 0.0763. The third-order valence-electron chi connectivity index (χ3n) is 9.83. The second-order valence-electron chi connectivity index (χ2n) is 13.2. The van der Waals surface area contributed by atoms with Crippen LogP contribution in [-0.2, 0) is 7.05 Å². The lowest BCUT2D eigenvalue weighted by atomic mass is 9.96. The molecule has 1 aliphatic heterocycles. The van der Waals surface area contributed by atoms with Gasteiger partial charge in [0.1, 0.15) is 17.7 Å². The number of rotatable bonds is 12. The number of halogens is 2. The summed E-state index contributed by atoms with van der Waals surface area (Å²) in [5.74, 6) is -2.01. The molecule has 0 spiro atoms. The van der Waals surface area contributed by atoms with Crippen molar-refractivity contribution in [3.05, 3.63) is 153 Å². The lowest BCUT2D eigenvalue weighted by Gasteiger charge is -2.37. The Balaban J connectivity index is 0.992. The van der Waals surface area contributed by atoms with E-state index in [1.54, 1.807) is 36.7 Å². The summed E-state index contributed by atoms with van der Waals surface area (Å²) >= 11 is 2.71. The fraction of sp³-hybridized carbons (Fsp3) is 0.195. The molecule has 2 heterocycles. The van der Waals surface area contributed by atoms with Crippen molar-refractivity contribution in [2.24, 2.45) is 7.05 Å². The van der Waals surface area contributed by atoms with Crippen molar-refractivity contribution in [1.82, 2.24) is 9.29 Å². The van der Waals surface area contributed by atoms with E-state index in [1.165, 1.54) is 48.2 Å². The average Bonchev–Trinajstić information content (AvgIpc) is 3.46. The third kappa shape index (κ3) is 8.41. The van der Waals surface area contributed by atoms with Crippen LogP contribution in [-0.4, -0.2) is 52.8 Å². The van der Waals surface area contributed by atoms with Crippen LogP contribution in [0.3, 0.4) is 0 Å². The van der Waals surface area contributed by atoms with Crippen molar-refractivity contribution < 1.29 is 23.6 Å². The number of allylic oxidation sites excluding steroid dienone is 1. The zero-order valence-corrected chi connectivity index (χ0v) is 31.7. The second kappa shape index (κ2) is 16.4. The molecule has 1 aliphatic carbocycles. The van der Waals surface area contributed by atoms with E-state index in [2.05, 4.69) is 19.2 Å². The van der Waals surface area contributed by atoms with Gasteiger partial charge in [0, 0.05) is 77.4 Å². The molecule has 1 unspecified atom stereocenters. The fourth-order valence-corrected chi connectivity index (χ4v) is 8.44. The molecule has 1 fully saturated rings. The van der Waals surface area contributed by atoms with Crippen molar-refractivity contribution in [3.8, 4) is 22.4 Å². The van der Waals surface area contributed by atoms with Gasteiger partial charge in [0.05, 0.1) is 16.2 Å². The van der Waals surface area contributed by atoms with Crippen molar-refractivity contribution >= 4 is 46.9 Å². The number of carboxylic acids is 1. The zero-order chi connectivity index (χ0) is 38.6. The number of carboxylic acid groups (broad SMARTS) is 1. The Morgan fingerprint density at radius 2 is 1.53 bits per heavy atom. The highest BCUT2D eigenvalue weighted by atomic mass is 32.2. The van der Waals surface area contributed by atoms with E-state index in [0.29, 0.717) is 66.4 Å². The number of hydrogen-bond acceptors (Lipinski definition) is 9. The Labute approximate surface area is 326 Å². The van der Waals surface area contributed by atoms with Crippen LogP contribution in [0.4, 0.5) is 25.8 Å². The number of nitrogens with zero attached hydrogens (tertiary/aromatic N) is 4. The maximum absolute atomic E-state index is 15.3. The quantitative estimate of drug-likeness (QED) is 0.0643. The SMILES string of the molecule is Cc1c(C(=O)O)c(-c2cc(F)cc(N3CCN(c4ccc(NSC5=CCC(NSc6ccccc6)C([N+](=O)[O-])=C5)cc4)CC3)c2)c(-c2ccc(F)cc2)n1C. The first kappa shape index (κ1) is 37.7. The van der Waals surface area contributed by atoms with E-state index in [1.807, 2.05) is 66.7 Å². The zero-order valence-electron chi connectivity index (χ0n) is 30.0. The van der Waals surface area contributed by atoms with Gasteiger partial charge >= 0.3 is 5.97 Å². The molecule has 282 valence electrons. The van der Waals surface area contributed by atoms with Gasteiger partial charge in [-0.3, -0.25) is 10.1 Å². The Morgan fingerprint density at radius 3 is 2.18 bits per heavy atom. The molecule has 1 atom stereocenters. The van der Waals surface area contributed by atoms with Crippen LogP contribution in [0.1, 0.15) is 22.5 Å². The topological polar surface area (TPSA) is 116 Å². The lowest BCUT2D eigenvalue weighted by Crippen LogP contribution is -2.46. The molecule has 0 saturated carbocycles. The number of hydrogen-bond donors (Lipinski definition) is 3. The van der Waals surface area contributed by atoms with Crippen molar-refractivity contribution in [3.63, 3.8) is 0 Å². The Bertz CT molecular complexity index is 2270. The van der Waals surface area contributed by atoms with Crippen LogP contribution < -0.4 is 19.2 Å². The van der Waals surface area contributed by atoms with Gasteiger partial charge < -0.3 is 24.2 Å². The van der Waals surface area contributed by atoms with Gasteiger partial charge in [-0.25, -0.2) is 18.3 Å². The van der Waals surface area contributed by atoms with Crippen molar-refractivity contribution in [2.75, 3.05) is 40.7 Å². The Hall–Kier alpha value is -5.57. The van der Waals surface area contributed by atoms with Crippen LogP contribution in [0.5, 0.6) is 0 Å². The molecule has 10 nitrogen and oxygen atoms in total. The number of carbonyl (C=O) groups is 1. The average molecular weight is 781 g/mol. The van der Waals surface area contributed by atoms with E-state index in [4.69, 9.17) is 0 Å². The molecule has 4 aromatic carbocycles. The molecule has 0 amide bonds. The first-order valence-electron chi connectivity index (χ1n) is 17.6. The molecule has 14 heteroatoms. The summed E-state index contributed by atoms with van der Waals surface area (Å²) in [7, 11) is 1.75. The predicted octanol–water partition coefficient (Wildman–Crippen LogP) is 9.14. The maximum Gasteiger partial charge on any atom is 0.338 e. The van der Waals surface area contributed by atoms with Crippen molar-refractivity contribution in [1.29, 1.82) is 0 Å². The summed E-state index contributed by atoms with van der Waals surface area (Å²) in [5.41, 5.74) is 5.26. The Morgan fingerprint density at radius 1 is 0.855 bits per heavy atom. The number of piperazine rings is 1. The summed E-state index contributed by atoms with van der Waals surface area (Å²) in [4.78, 5) is 30.2. The van der Waals surface area contributed by atoms with Crippen LogP contribution in [0, 0.1) is 28.7 Å². The second-order valence-corrected chi connectivity index (χ2v) is 15.0. The number of aromatic carboxylic acids is 1. The van der Waals surface area contributed by atoms with Gasteiger partial charge in [-0.2, -0.15) is 0 Å². The van der Waals surface area contributed by atoms with Gasteiger partial charge in [-0.1, -0.05) is 24.3 Å². The maximum atomic E-state index is 15.3. The Kier molecular flexibility index (Phi) is 11.3. The number of benzene rings is 4. The van der Waals surface area contributed by atoms with Gasteiger partial charge in [0.2, 0.25) is 0 Å². The number of nitro groups is 1. The monoisotopic (exact) mass is 780 g/mol. The summed E-state index contributed by atoms with van der Waals surface area (Å²) in [6.45, 7) is 4.29. The van der Waals surface area contributed by atoms with Gasteiger partial charge in [0.25, 0.3) is 5.70 Å². The first-order valence-corrected chi connectivity index (χ1v) is 19.2. The normalized spacial score (nSPS) is 15.7. The highest BCUT2D eigenvalue weighted by Gasteiger charge is 2.29. The van der Waals surface area contributed by atoms with E-state index in [0.717, 1.165) is 21.2 Å². The molecule has 7 rings (SSSR count). The summed E-state index contributed by atoms with van der Waals surface area (Å²) < 4.78 is 37.4. The fourth-order valence-electron chi connectivity index (χ4n) is 6.92. The van der Waals surface area contributed by atoms with E-state index >= 15 is 4.39 Å². The minimum atomic E-state index is -1.12. The molecule has 55 heavy (non-hydrogen) atoms. The van der Waals surface area contributed by atoms with Gasteiger partial charge in [-0.05, 0) is 127 Å². The number of aromatic nitrogens is 1. The van der Waals surface area contributed by atoms with E-state index in [9.17, 15) is 24.4 Å². The highest BCUT2D eigenvalue weighted by Crippen LogP contribution is 2.41. The number of nitrogens with one attached hydrogen (secondary N) is 2. The van der Waals surface area contributed by atoms with E-state index in [-0.39, 0.29) is 16.2 Å². The van der Waals surface area contributed by atoms with Crippen LogP contribution in [0.2, 0.25) is 0 Å². The molecular weight excluding hydrogens is 743 g/mol. The van der Waals surface area contributed by atoms with Crippen molar-refractivity contribution in [2.45, 2.75) is 24.3 Å². The van der Waals surface area contributed by atoms with Crippen LogP contribution in [0.25, 0.3) is 22.4 Å². The molecule has 0 bridgehead atoms. The predicted molar refractivity (Wildman–Crippen MR) is 217 cm³/mol. The number of anilines is 3. The van der Waals surface area contributed by atoms with Crippen LogP contribution in [0.15, 0.2) is 125 Å². The molecule has 3 N–H and O–H groups in total. The summed E-state index contributed by atoms with van der Waals surface area (Å²) in [6, 6.07) is 27.7. The largest absolute Gasteiger partial charge is 0.478 e. The van der Waals surface area contributed by atoms with Gasteiger partial charge in [-0.15, -0.1) is 0 Å². The van der Waals surface area contributed by atoms with E-state index < -0.39 is 23.6 Å². The molecular formula is C41H38F2N6O4S2. The molecule has 2 aliphatic rings. The smallest absolute Gasteiger partial charge is 0.338 e. The molecule has 5 aromatic rings. The molecule has 1 saturated heterocycles. The standard InChI is InChI=1S/C41H38F2N6O4S2/c1-26-38(41(50)51)39(40(46(26)2)27-8-10-29(42)11-9-27)28-22-30(43)24-33(23-28)48-20-18-47(19-21-48)32-14-12-31(13-15-32)44-55-35-16-17-36(37(25-35)49(52)53)45-54-34-6-4-3-5-7-34/h3-16,22-25,36,44-45H,17-21H2,1-2H3,(H,50,51).